The lowest BCUT2D eigenvalue weighted by molar-refractivity contribution is 0.728. The van der Waals surface area contributed by atoms with Crippen molar-refractivity contribution < 1.29 is 0 Å². The van der Waals surface area contributed by atoms with Crippen LogP contribution in [-0.2, 0) is 7.05 Å². The Bertz CT molecular complexity index is 602. The Kier molecular flexibility index (Phi) is 3.99. The lowest BCUT2D eigenvalue weighted by Crippen LogP contribution is -2.09. The molecule has 4 heteroatoms. The lowest BCUT2D eigenvalue weighted by Gasteiger charge is -2.18. The second kappa shape index (κ2) is 5.37. The molecule has 0 aliphatic carbocycles. The molecule has 0 aliphatic rings. The van der Waals surface area contributed by atoms with Gasteiger partial charge in [-0.25, -0.2) is 0 Å². The second-order valence-electron chi connectivity index (χ2n) is 5.03. The van der Waals surface area contributed by atoms with Crippen molar-refractivity contribution in [2.24, 2.45) is 7.05 Å². The van der Waals surface area contributed by atoms with Gasteiger partial charge >= 0.3 is 0 Å². The maximum absolute atomic E-state index is 4.48. The van der Waals surface area contributed by atoms with Crippen molar-refractivity contribution in [3.05, 3.63) is 45.2 Å². The van der Waals surface area contributed by atoms with E-state index in [0.717, 1.165) is 10.2 Å². The SMILES string of the molecule is Cc1cc(Br)ccc1NC(C)c1c(C)nn(C)c1C. The summed E-state index contributed by atoms with van der Waals surface area (Å²) in [4.78, 5) is 0. The molecular weight excluding hydrogens is 302 g/mol. The monoisotopic (exact) mass is 321 g/mol. The predicted octanol–water partition coefficient (Wildman–Crippen LogP) is 4.28. The van der Waals surface area contributed by atoms with Gasteiger partial charge < -0.3 is 5.32 Å². The highest BCUT2D eigenvalue weighted by Crippen LogP contribution is 2.27. The van der Waals surface area contributed by atoms with Gasteiger partial charge in [-0.1, -0.05) is 15.9 Å². The molecule has 102 valence electrons. The first-order valence-electron chi connectivity index (χ1n) is 6.43. The van der Waals surface area contributed by atoms with Crippen LogP contribution in [0.3, 0.4) is 0 Å². The van der Waals surface area contributed by atoms with E-state index in [1.54, 1.807) is 0 Å². The maximum Gasteiger partial charge on any atom is 0.0649 e. The van der Waals surface area contributed by atoms with Crippen LogP contribution in [0.5, 0.6) is 0 Å². The zero-order valence-corrected chi connectivity index (χ0v) is 13.7. The first-order valence-corrected chi connectivity index (χ1v) is 7.22. The molecule has 2 aromatic rings. The smallest absolute Gasteiger partial charge is 0.0649 e. The van der Waals surface area contributed by atoms with E-state index >= 15 is 0 Å². The van der Waals surface area contributed by atoms with E-state index in [1.165, 1.54) is 22.5 Å². The summed E-state index contributed by atoms with van der Waals surface area (Å²) >= 11 is 3.49. The number of anilines is 1. The number of hydrogen-bond donors (Lipinski definition) is 1. The first kappa shape index (κ1) is 14.1. The van der Waals surface area contributed by atoms with Crippen molar-refractivity contribution in [2.45, 2.75) is 33.7 Å². The van der Waals surface area contributed by atoms with Crippen LogP contribution in [0, 0.1) is 20.8 Å². The van der Waals surface area contributed by atoms with E-state index in [4.69, 9.17) is 0 Å². The third-order valence-electron chi connectivity index (χ3n) is 3.56. The summed E-state index contributed by atoms with van der Waals surface area (Å²) in [6.07, 6.45) is 0. The van der Waals surface area contributed by atoms with Gasteiger partial charge in [0.05, 0.1) is 11.7 Å². The van der Waals surface area contributed by atoms with Crippen LogP contribution in [0.4, 0.5) is 5.69 Å². The van der Waals surface area contributed by atoms with Crippen LogP contribution >= 0.6 is 15.9 Å². The molecule has 1 aromatic carbocycles. The summed E-state index contributed by atoms with van der Waals surface area (Å²) in [5.74, 6) is 0. The minimum atomic E-state index is 0.244. The minimum absolute atomic E-state index is 0.244. The van der Waals surface area contributed by atoms with E-state index in [0.29, 0.717) is 0 Å². The number of aryl methyl sites for hydroxylation is 3. The summed E-state index contributed by atoms with van der Waals surface area (Å²) in [5, 5.41) is 8.05. The average Bonchev–Trinajstić information content (AvgIpc) is 2.57. The number of rotatable bonds is 3. The molecule has 0 amide bonds. The molecule has 2 rings (SSSR count). The van der Waals surface area contributed by atoms with Crippen LogP contribution < -0.4 is 5.32 Å². The highest BCUT2D eigenvalue weighted by atomic mass is 79.9. The molecule has 3 nitrogen and oxygen atoms in total. The molecule has 0 saturated carbocycles. The third kappa shape index (κ3) is 2.84. The molecular formula is C15H20BrN3. The average molecular weight is 322 g/mol. The van der Waals surface area contributed by atoms with Crippen molar-refractivity contribution >= 4 is 21.6 Å². The summed E-state index contributed by atoms with van der Waals surface area (Å²) in [5.41, 5.74) is 5.99. The number of benzene rings is 1. The third-order valence-corrected chi connectivity index (χ3v) is 4.05. The Morgan fingerprint density at radius 2 is 1.95 bits per heavy atom. The van der Waals surface area contributed by atoms with Crippen LogP contribution in [0.15, 0.2) is 22.7 Å². The minimum Gasteiger partial charge on any atom is -0.378 e. The van der Waals surface area contributed by atoms with E-state index < -0.39 is 0 Å². The normalized spacial score (nSPS) is 12.5. The summed E-state index contributed by atoms with van der Waals surface area (Å²) in [6.45, 7) is 8.47. The molecule has 0 saturated heterocycles. The van der Waals surface area contributed by atoms with Gasteiger partial charge in [-0.05, 0) is 51.5 Å². The van der Waals surface area contributed by atoms with Crippen molar-refractivity contribution in [3.8, 4) is 0 Å². The van der Waals surface area contributed by atoms with Crippen LogP contribution in [0.25, 0.3) is 0 Å². The number of halogens is 1. The Balaban J connectivity index is 2.28. The number of hydrogen-bond acceptors (Lipinski definition) is 2. The largest absolute Gasteiger partial charge is 0.378 e. The second-order valence-corrected chi connectivity index (χ2v) is 5.95. The van der Waals surface area contributed by atoms with Gasteiger partial charge in [0.15, 0.2) is 0 Å². The number of nitrogens with zero attached hydrogens (tertiary/aromatic N) is 2. The quantitative estimate of drug-likeness (QED) is 0.914. The fourth-order valence-electron chi connectivity index (χ4n) is 2.51. The highest BCUT2D eigenvalue weighted by Gasteiger charge is 2.16. The summed E-state index contributed by atoms with van der Waals surface area (Å²) in [6, 6.07) is 6.54. The van der Waals surface area contributed by atoms with Crippen LogP contribution in [-0.4, -0.2) is 9.78 Å². The maximum atomic E-state index is 4.48. The van der Waals surface area contributed by atoms with Crippen LogP contribution in [0.1, 0.15) is 35.5 Å². The molecule has 1 unspecified atom stereocenters. The Labute approximate surface area is 123 Å². The zero-order chi connectivity index (χ0) is 14.2. The Hall–Kier alpha value is -1.29. The Morgan fingerprint density at radius 3 is 2.47 bits per heavy atom. The van der Waals surface area contributed by atoms with E-state index in [2.05, 4.69) is 72.2 Å². The van der Waals surface area contributed by atoms with Gasteiger partial charge in [-0.2, -0.15) is 5.10 Å². The van der Waals surface area contributed by atoms with Crippen molar-refractivity contribution in [1.82, 2.24) is 9.78 Å². The van der Waals surface area contributed by atoms with E-state index in [9.17, 15) is 0 Å². The Morgan fingerprint density at radius 1 is 1.26 bits per heavy atom. The standard InChI is InChI=1S/C15H20BrN3/c1-9-8-13(16)6-7-14(9)17-10(2)15-11(3)18-19(5)12(15)4/h6-8,10,17H,1-5H3. The number of aromatic nitrogens is 2. The molecule has 1 aromatic heterocycles. The van der Waals surface area contributed by atoms with Gasteiger partial charge in [0.25, 0.3) is 0 Å². The molecule has 0 bridgehead atoms. The van der Waals surface area contributed by atoms with Gasteiger partial charge in [-0.15, -0.1) is 0 Å². The van der Waals surface area contributed by atoms with Crippen molar-refractivity contribution in [2.75, 3.05) is 5.32 Å². The summed E-state index contributed by atoms with van der Waals surface area (Å²) < 4.78 is 3.05. The van der Waals surface area contributed by atoms with Gasteiger partial charge in [0.2, 0.25) is 0 Å². The van der Waals surface area contributed by atoms with Gasteiger partial charge in [-0.3, -0.25) is 4.68 Å². The number of nitrogens with one attached hydrogen (secondary N) is 1. The zero-order valence-electron chi connectivity index (χ0n) is 12.1. The molecule has 0 aliphatic heterocycles. The first-order chi connectivity index (χ1) is 8.90. The molecule has 19 heavy (non-hydrogen) atoms. The topological polar surface area (TPSA) is 29.9 Å². The molecule has 0 fully saturated rings. The fourth-order valence-corrected chi connectivity index (χ4v) is 2.99. The molecule has 0 radical (unpaired) electrons. The lowest BCUT2D eigenvalue weighted by atomic mass is 10.1. The summed E-state index contributed by atoms with van der Waals surface area (Å²) in [7, 11) is 1.99. The molecule has 1 atom stereocenters. The van der Waals surface area contributed by atoms with Crippen molar-refractivity contribution in [3.63, 3.8) is 0 Å². The van der Waals surface area contributed by atoms with Gasteiger partial charge in [0.1, 0.15) is 0 Å². The highest BCUT2D eigenvalue weighted by molar-refractivity contribution is 9.10. The van der Waals surface area contributed by atoms with Crippen molar-refractivity contribution in [1.29, 1.82) is 0 Å². The van der Waals surface area contributed by atoms with E-state index in [1.807, 2.05) is 11.7 Å². The molecule has 1 N–H and O–H groups in total. The molecule has 0 spiro atoms. The predicted molar refractivity (Wildman–Crippen MR) is 83.6 cm³/mol. The van der Waals surface area contributed by atoms with Gasteiger partial charge in [0, 0.05) is 28.5 Å². The molecule has 1 heterocycles. The fraction of sp³-hybridized carbons (Fsp3) is 0.400. The van der Waals surface area contributed by atoms with E-state index in [-0.39, 0.29) is 6.04 Å². The van der Waals surface area contributed by atoms with Crippen LogP contribution in [0.2, 0.25) is 0 Å².